The summed E-state index contributed by atoms with van der Waals surface area (Å²) in [6, 6.07) is -1.83. The summed E-state index contributed by atoms with van der Waals surface area (Å²) in [5.41, 5.74) is -0.559. The number of carbonyl (C=O) groups excluding carboxylic acids is 1. The zero-order valence-electron chi connectivity index (χ0n) is 9.75. The van der Waals surface area contributed by atoms with Crippen LogP contribution in [0.1, 0.15) is 27.2 Å². The monoisotopic (exact) mass is 269 g/mol. The molecule has 0 aromatic rings. The number of halogens is 3. The molecule has 0 radical (unpaired) electrons. The van der Waals surface area contributed by atoms with Crippen LogP contribution in [0.2, 0.25) is 0 Å². The average molecular weight is 269 g/mol. The molecule has 7 heteroatoms. The molecule has 1 atom stereocenters. The van der Waals surface area contributed by atoms with Crippen molar-refractivity contribution in [2.24, 2.45) is 0 Å². The van der Waals surface area contributed by atoms with Crippen molar-refractivity contribution in [3.05, 3.63) is 12.3 Å². The summed E-state index contributed by atoms with van der Waals surface area (Å²) in [7, 11) is 0. The molecule has 0 N–H and O–H groups in total. The van der Waals surface area contributed by atoms with Crippen LogP contribution in [0.5, 0.6) is 0 Å². The van der Waals surface area contributed by atoms with Crippen LogP contribution in [0.25, 0.3) is 0 Å². The molecule has 0 spiro atoms. The van der Waals surface area contributed by atoms with Crippen LogP contribution in [0.15, 0.2) is 12.3 Å². The Morgan fingerprint density at radius 1 is 1.41 bits per heavy atom. The fraction of sp³-hybridized carbons (Fsp3) is 0.700. The predicted octanol–water partition coefficient (Wildman–Crippen LogP) is 3.08. The smallest absolute Gasteiger partial charge is 0.295 e. The van der Waals surface area contributed by atoms with Crippen molar-refractivity contribution in [3.8, 4) is 0 Å². The molecule has 0 fully saturated rings. The van der Waals surface area contributed by atoms with Crippen LogP contribution in [0.4, 0.5) is 13.2 Å². The number of ketones is 1. The molecule has 0 aliphatic carbocycles. The number of carbonyl (C=O) groups is 1. The standard InChI is InChI=1S/C10H14F3NO2S/c1-9(2,3)16-17-14-5-4-7(15)6-8(14)10(11,12)13/h4-5,8H,6H2,1-3H3. The molecule has 1 unspecified atom stereocenters. The first kappa shape index (κ1) is 14.4. The first-order valence-corrected chi connectivity index (χ1v) is 5.71. The van der Waals surface area contributed by atoms with E-state index >= 15 is 0 Å². The van der Waals surface area contributed by atoms with Gasteiger partial charge in [-0.05, 0) is 26.8 Å². The van der Waals surface area contributed by atoms with Crippen molar-refractivity contribution in [3.63, 3.8) is 0 Å². The first-order chi connectivity index (χ1) is 7.59. The normalized spacial score (nSPS) is 22.1. The quantitative estimate of drug-likeness (QED) is 0.569. The molecule has 0 saturated carbocycles. The van der Waals surface area contributed by atoms with Gasteiger partial charge in [0.25, 0.3) is 0 Å². The second-order valence-corrected chi connectivity index (χ2v) is 5.41. The minimum Gasteiger partial charge on any atom is -0.295 e. The number of rotatable bonds is 2. The Balaban J connectivity index is 2.73. The molecule has 0 amide bonds. The second-order valence-electron chi connectivity index (χ2n) is 4.67. The second kappa shape index (κ2) is 4.89. The summed E-state index contributed by atoms with van der Waals surface area (Å²) >= 11 is 0.616. The fourth-order valence-electron chi connectivity index (χ4n) is 1.10. The van der Waals surface area contributed by atoms with Crippen molar-refractivity contribution < 1.29 is 22.1 Å². The van der Waals surface area contributed by atoms with E-state index in [1.807, 2.05) is 0 Å². The summed E-state index contributed by atoms with van der Waals surface area (Å²) in [6.07, 6.45) is -2.78. The van der Waals surface area contributed by atoms with Crippen LogP contribution in [-0.4, -0.2) is 27.9 Å². The van der Waals surface area contributed by atoms with Crippen molar-refractivity contribution in [1.29, 1.82) is 0 Å². The number of nitrogens with zero attached hydrogens (tertiary/aromatic N) is 1. The van der Waals surface area contributed by atoms with Gasteiger partial charge >= 0.3 is 6.18 Å². The van der Waals surface area contributed by atoms with Crippen molar-refractivity contribution in [1.82, 2.24) is 4.31 Å². The predicted molar refractivity (Wildman–Crippen MR) is 58.9 cm³/mol. The Morgan fingerprint density at radius 2 is 2.00 bits per heavy atom. The van der Waals surface area contributed by atoms with Gasteiger partial charge in [-0.3, -0.25) is 13.3 Å². The molecule has 0 saturated heterocycles. The van der Waals surface area contributed by atoms with Crippen LogP contribution in [0, 0.1) is 0 Å². The third-order valence-corrected chi connectivity index (χ3v) is 2.98. The summed E-state index contributed by atoms with van der Waals surface area (Å²) in [5.74, 6) is -0.528. The lowest BCUT2D eigenvalue weighted by Gasteiger charge is -2.33. The van der Waals surface area contributed by atoms with Gasteiger partial charge in [0.05, 0.1) is 5.60 Å². The van der Waals surface area contributed by atoms with E-state index in [9.17, 15) is 18.0 Å². The van der Waals surface area contributed by atoms with Gasteiger partial charge in [-0.2, -0.15) is 13.2 Å². The van der Waals surface area contributed by atoms with E-state index in [0.29, 0.717) is 12.2 Å². The molecule has 1 heterocycles. The van der Waals surface area contributed by atoms with Gasteiger partial charge in [-0.1, -0.05) is 0 Å². The van der Waals surface area contributed by atoms with Crippen LogP contribution in [0.3, 0.4) is 0 Å². The Bertz CT molecular complexity index is 322. The fourth-order valence-corrected chi connectivity index (χ4v) is 1.82. The molecule has 0 bridgehead atoms. The molecular weight excluding hydrogens is 255 g/mol. The first-order valence-electron chi connectivity index (χ1n) is 5.01. The largest absolute Gasteiger partial charge is 0.410 e. The van der Waals surface area contributed by atoms with Crippen LogP contribution < -0.4 is 0 Å². The van der Waals surface area contributed by atoms with Crippen molar-refractivity contribution >= 4 is 18.0 Å². The summed E-state index contributed by atoms with van der Waals surface area (Å²) in [6.45, 7) is 5.21. The summed E-state index contributed by atoms with van der Waals surface area (Å²) < 4.78 is 44.2. The molecule has 1 aliphatic rings. The number of allylic oxidation sites excluding steroid dienone is 1. The molecule has 0 aromatic heterocycles. The number of hydrogen-bond donors (Lipinski definition) is 0. The van der Waals surface area contributed by atoms with Gasteiger partial charge in [0.2, 0.25) is 0 Å². The highest BCUT2D eigenvalue weighted by atomic mass is 32.2. The van der Waals surface area contributed by atoms with Gasteiger partial charge in [0, 0.05) is 12.6 Å². The molecule has 0 aromatic carbocycles. The molecule has 98 valence electrons. The van der Waals surface area contributed by atoms with E-state index in [-0.39, 0.29) is 0 Å². The highest BCUT2D eigenvalue weighted by Gasteiger charge is 2.46. The average Bonchev–Trinajstić information content (AvgIpc) is 2.13. The maximum Gasteiger partial charge on any atom is 0.410 e. The Labute approximate surface area is 102 Å². The third kappa shape index (κ3) is 4.59. The van der Waals surface area contributed by atoms with Crippen molar-refractivity contribution in [2.45, 2.75) is 45.0 Å². The lowest BCUT2D eigenvalue weighted by molar-refractivity contribution is -0.171. The van der Waals surface area contributed by atoms with Gasteiger partial charge in [-0.25, -0.2) is 0 Å². The van der Waals surface area contributed by atoms with E-state index in [1.165, 1.54) is 0 Å². The Morgan fingerprint density at radius 3 is 2.47 bits per heavy atom. The van der Waals surface area contributed by atoms with E-state index in [0.717, 1.165) is 16.6 Å². The Kier molecular flexibility index (Phi) is 4.14. The zero-order valence-corrected chi connectivity index (χ0v) is 10.6. The maximum atomic E-state index is 12.7. The highest BCUT2D eigenvalue weighted by Crippen LogP contribution is 2.35. The summed E-state index contributed by atoms with van der Waals surface area (Å²) in [5, 5.41) is 0. The molecule has 1 rings (SSSR count). The van der Waals surface area contributed by atoms with E-state index in [1.54, 1.807) is 20.8 Å². The highest BCUT2D eigenvalue weighted by molar-refractivity contribution is 7.92. The van der Waals surface area contributed by atoms with Crippen molar-refractivity contribution in [2.75, 3.05) is 0 Å². The minimum absolute atomic E-state index is 0.528. The lowest BCUT2D eigenvalue weighted by Crippen LogP contribution is -2.43. The van der Waals surface area contributed by atoms with Crippen LogP contribution in [-0.2, 0) is 8.98 Å². The molecule has 1 aliphatic heterocycles. The molecule has 3 nitrogen and oxygen atoms in total. The van der Waals surface area contributed by atoms with E-state index < -0.39 is 30.0 Å². The van der Waals surface area contributed by atoms with Gasteiger partial charge in [0.1, 0.15) is 18.3 Å². The lowest BCUT2D eigenvalue weighted by atomic mass is 10.1. The van der Waals surface area contributed by atoms with E-state index in [2.05, 4.69) is 0 Å². The Hall–Kier alpha value is -0.690. The molecular formula is C10H14F3NO2S. The SMILES string of the molecule is CC(C)(C)OSN1C=CC(=O)CC1C(F)(F)F. The molecule has 17 heavy (non-hydrogen) atoms. The number of hydrogen-bond acceptors (Lipinski definition) is 4. The van der Waals surface area contributed by atoms with Gasteiger partial charge in [-0.15, -0.1) is 0 Å². The minimum atomic E-state index is -4.45. The van der Waals surface area contributed by atoms with Gasteiger partial charge < -0.3 is 0 Å². The zero-order chi connectivity index (χ0) is 13.3. The van der Waals surface area contributed by atoms with Crippen LogP contribution >= 0.6 is 12.2 Å². The maximum absolute atomic E-state index is 12.7. The van der Waals surface area contributed by atoms with Gasteiger partial charge in [0.15, 0.2) is 5.78 Å². The summed E-state index contributed by atoms with van der Waals surface area (Å²) in [4.78, 5) is 11.0. The topological polar surface area (TPSA) is 29.5 Å². The number of alkyl halides is 3. The third-order valence-electron chi connectivity index (χ3n) is 1.86. The van der Waals surface area contributed by atoms with E-state index in [4.69, 9.17) is 4.18 Å².